The number of rotatable bonds is 3. The molecule has 0 saturated carbocycles. The maximum absolute atomic E-state index is 12.4. The van der Waals surface area contributed by atoms with Crippen molar-refractivity contribution in [3.05, 3.63) is 71.9 Å². The largest absolute Gasteiger partial charge is 0.355 e. The van der Waals surface area contributed by atoms with Crippen molar-refractivity contribution < 1.29 is 9.32 Å². The van der Waals surface area contributed by atoms with Gasteiger partial charge in [-0.1, -0.05) is 41.6 Å². The Morgan fingerprint density at radius 3 is 2.73 bits per heavy atom. The van der Waals surface area contributed by atoms with Gasteiger partial charge in [0.25, 0.3) is 5.91 Å². The number of carbonyl (C=O) groups excluding carboxylic acids is 1. The van der Waals surface area contributed by atoms with E-state index in [-0.39, 0.29) is 5.91 Å². The van der Waals surface area contributed by atoms with E-state index in [1.54, 1.807) is 24.3 Å². The van der Waals surface area contributed by atoms with Crippen molar-refractivity contribution in [3.8, 4) is 17.4 Å². The van der Waals surface area contributed by atoms with E-state index in [4.69, 9.17) is 9.78 Å². The minimum atomic E-state index is -0.338. The van der Waals surface area contributed by atoms with Crippen LogP contribution in [0.15, 0.2) is 65.3 Å². The molecule has 0 saturated heterocycles. The molecule has 1 heterocycles. The molecular formula is C17H11N3O2. The monoisotopic (exact) mass is 289 g/mol. The van der Waals surface area contributed by atoms with E-state index in [0.717, 1.165) is 5.56 Å². The van der Waals surface area contributed by atoms with Gasteiger partial charge in [-0.15, -0.1) is 0 Å². The van der Waals surface area contributed by atoms with Gasteiger partial charge in [0.05, 0.1) is 17.8 Å². The summed E-state index contributed by atoms with van der Waals surface area (Å²) in [5, 5.41) is 15.3. The van der Waals surface area contributed by atoms with Gasteiger partial charge in [0.2, 0.25) is 0 Å². The van der Waals surface area contributed by atoms with Crippen molar-refractivity contribution >= 4 is 11.6 Å². The SMILES string of the molecule is N#Cc1cccc(NC(=O)c2cnoc2-c2ccccc2)c1. The molecule has 1 N–H and O–H groups in total. The van der Waals surface area contributed by atoms with Crippen LogP contribution in [0.4, 0.5) is 5.69 Å². The molecule has 0 spiro atoms. The van der Waals surface area contributed by atoms with Crippen molar-refractivity contribution in [2.24, 2.45) is 0 Å². The molecule has 0 bridgehead atoms. The first kappa shape index (κ1) is 13.6. The van der Waals surface area contributed by atoms with E-state index in [1.165, 1.54) is 6.20 Å². The third-order valence-electron chi connectivity index (χ3n) is 3.10. The maximum Gasteiger partial charge on any atom is 0.261 e. The number of amides is 1. The predicted octanol–water partition coefficient (Wildman–Crippen LogP) is 3.47. The highest BCUT2D eigenvalue weighted by Crippen LogP contribution is 2.24. The molecule has 0 aliphatic carbocycles. The van der Waals surface area contributed by atoms with Gasteiger partial charge < -0.3 is 9.84 Å². The summed E-state index contributed by atoms with van der Waals surface area (Å²) in [7, 11) is 0. The van der Waals surface area contributed by atoms with Crippen molar-refractivity contribution in [1.29, 1.82) is 5.26 Å². The van der Waals surface area contributed by atoms with E-state index in [1.807, 2.05) is 36.4 Å². The lowest BCUT2D eigenvalue weighted by Crippen LogP contribution is -2.12. The summed E-state index contributed by atoms with van der Waals surface area (Å²) >= 11 is 0. The highest BCUT2D eigenvalue weighted by molar-refractivity contribution is 6.07. The highest BCUT2D eigenvalue weighted by Gasteiger charge is 2.17. The molecule has 0 unspecified atom stereocenters. The van der Waals surface area contributed by atoms with Crippen molar-refractivity contribution in [1.82, 2.24) is 5.16 Å². The third-order valence-corrected chi connectivity index (χ3v) is 3.10. The second-order valence-corrected chi connectivity index (χ2v) is 4.58. The molecule has 0 atom stereocenters. The molecule has 1 amide bonds. The summed E-state index contributed by atoms with van der Waals surface area (Å²) < 4.78 is 5.19. The molecule has 106 valence electrons. The van der Waals surface area contributed by atoms with Crippen LogP contribution in [0.25, 0.3) is 11.3 Å². The molecule has 3 aromatic rings. The number of nitrogens with zero attached hydrogens (tertiary/aromatic N) is 2. The zero-order chi connectivity index (χ0) is 15.4. The van der Waals surface area contributed by atoms with Crippen LogP contribution in [0.1, 0.15) is 15.9 Å². The van der Waals surface area contributed by atoms with Crippen LogP contribution in [0.3, 0.4) is 0 Å². The van der Waals surface area contributed by atoms with Crippen molar-refractivity contribution in [2.75, 3.05) is 5.32 Å². The minimum Gasteiger partial charge on any atom is -0.355 e. The van der Waals surface area contributed by atoms with Crippen LogP contribution < -0.4 is 5.32 Å². The van der Waals surface area contributed by atoms with Crippen LogP contribution in [0.5, 0.6) is 0 Å². The van der Waals surface area contributed by atoms with Gasteiger partial charge in [-0.2, -0.15) is 5.26 Å². The number of carbonyl (C=O) groups is 1. The second-order valence-electron chi connectivity index (χ2n) is 4.58. The number of nitriles is 1. The number of aromatic nitrogens is 1. The molecule has 5 nitrogen and oxygen atoms in total. The van der Waals surface area contributed by atoms with E-state index in [2.05, 4.69) is 10.5 Å². The molecule has 1 aromatic heterocycles. The summed E-state index contributed by atoms with van der Waals surface area (Å²) in [6, 6.07) is 18.0. The zero-order valence-electron chi connectivity index (χ0n) is 11.5. The first-order chi connectivity index (χ1) is 10.8. The molecular weight excluding hydrogens is 278 g/mol. The highest BCUT2D eigenvalue weighted by atomic mass is 16.5. The van der Waals surface area contributed by atoms with Gasteiger partial charge in [-0.3, -0.25) is 4.79 Å². The first-order valence-corrected chi connectivity index (χ1v) is 6.59. The number of anilines is 1. The first-order valence-electron chi connectivity index (χ1n) is 6.59. The van der Waals surface area contributed by atoms with Gasteiger partial charge in [-0.05, 0) is 18.2 Å². The lowest BCUT2D eigenvalue weighted by atomic mass is 10.1. The Hall–Kier alpha value is -3.39. The van der Waals surface area contributed by atoms with Gasteiger partial charge in [0.1, 0.15) is 5.56 Å². The normalized spacial score (nSPS) is 9.95. The Balaban J connectivity index is 1.88. The number of hydrogen-bond donors (Lipinski definition) is 1. The van der Waals surface area contributed by atoms with E-state index in [9.17, 15) is 4.79 Å². The molecule has 0 fully saturated rings. The summed E-state index contributed by atoms with van der Waals surface area (Å²) in [5.41, 5.74) is 2.14. The van der Waals surface area contributed by atoms with Crippen LogP contribution in [0, 0.1) is 11.3 Å². The Labute approximate surface area is 126 Å². The molecule has 5 heteroatoms. The standard InChI is InChI=1S/C17H11N3O2/c18-10-12-5-4-8-14(9-12)20-17(21)15-11-19-22-16(15)13-6-2-1-3-7-13/h1-9,11H,(H,20,21). The zero-order valence-corrected chi connectivity index (χ0v) is 11.5. The fourth-order valence-electron chi connectivity index (χ4n) is 2.06. The Kier molecular flexibility index (Phi) is 3.67. The van der Waals surface area contributed by atoms with Crippen molar-refractivity contribution in [2.45, 2.75) is 0 Å². The van der Waals surface area contributed by atoms with Crippen LogP contribution in [-0.4, -0.2) is 11.1 Å². The van der Waals surface area contributed by atoms with Gasteiger partial charge >= 0.3 is 0 Å². The summed E-state index contributed by atoms with van der Waals surface area (Å²) in [6.07, 6.45) is 1.38. The fourth-order valence-corrected chi connectivity index (χ4v) is 2.06. The molecule has 0 aliphatic heterocycles. The molecule has 2 aromatic carbocycles. The number of hydrogen-bond acceptors (Lipinski definition) is 4. The topological polar surface area (TPSA) is 78.9 Å². The Morgan fingerprint density at radius 1 is 1.14 bits per heavy atom. The van der Waals surface area contributed by atoms with Gasteiger partial charge in [-0.25, -0.2) is 0 Å². The number of benzene rings is 2. The Bertz CT molecular complexity index is 848. The van der Waals surface area contributed by atoms with Crippen LogP contribution >= 0.6 is 0 Å². The van der Waals surface area contributed by atoms with Crippen LogP contribution in [-0.2, 0) is 0 Å². The minimum absolute atomic E-state index is 0.338. The lowest BCUT2D eigenvalue weighted by Gasteiger charge is -2.05. The van der Waals surface area contributed by atoms with E-state index >= 15 is 0 Å². The van der Waals surface area contributed by atoms with Gasteiger partial charge in [0.15, 0.2) is 5.76 Å². The summed E-state index contributed by atoms with van der Waals surface area (Å²) in [6.45, 7) is 0. The fraction of sp³-hybridized carbons (Fsp3) is 0. The smallest absolute Gasteiger partial charge is 0.261 e. The predicted molar refractivity (Wildman–Crippen MR) is 81.0 cm³/mol. The average molecular weight is 289 g/mol. The lowest BCUT2D eigenvalue weighted by molar-refractivity contribution is 0.102. The number of nitrogens with one attached hydrogen (secondary N) is 1. The second kappa shape index (κ2) is 5.94. The summed E-state index contributed by atoms with van der Waals surface area (Å²) in [4.78, 5) is 12.4. The van der Waals surface area contributed by atoms with E-state index < -0.39 is 0 Å². The van der Waals surface area contributed by atoms with E-state index in [0.29, 0.717) is 22.6 Å². The molecule has 0 aliphatic rings. The molecule has 0 radical (unpaired) electrons. The molecule has 22 heavy (non-hydrogen) atoms. The third kappa shape index (κ3) is 2.72. The average Bonchev–Trinajstić information content (AvgIpc) is 3.05. The molecule has 3 rings (SSSR count). The van der Waals surface area contributed by atoms with Gasteiger partial charge in [0, 0.05) is 11.3 Å². The quantitative estimate of drug-likeness (QED) is 0.800. The Morgan fingerprint density at radius 2 is 1.95 bits per heavy atom. The summed E-state index contributed by atoms with van der Waals surface area (Å²) in [5.74, 6) is 0.0738. The van der Waals surface area contributed by atoms with Crippen LogP contribution in [0.2, 0.25) is 0 Å². The maximum atomic E-state index is 12.4. The van der Waals surface area contributed by atoms with Crippen molar-refractivity contribution in [3.63, 3.8) is 0 Å².